The van der Waals surface area contributed by atoms with E-state index in [2.05, 4.69) is 10.3 Å². The molecular weight excluding hydrogens is 344 g/mol. The zero-order valence-corrected chi connectivity index (χ0v) is 14.8. The third-order valence-electron chi connectivity index (χ3n) is 3.85. The lowest BCUT2D eigenvalue weighted by atomic mass is 10.2. The van der Waals surface area contributed by atoms with Crippen LogP contribution in [0.2, 0.25) is 0 Å². The van der Waals surface area contributed by atoms with Crippen LogP contribution >= 0.6 is 0 Å². The van der Waals surface area contributed by atoms with Crippen LogP contribution in [0, 0.1) is 0 Å². The molecule has 3 rings (SSSR count). The maximum absolute atomic E-state index is 11.8. The fraction of sp³-hybridized carbons (Fsp3) is 0.190. The Morgan fingerprint density at radius 2 is 1.70 bits per heavy atom. The number of nitrogens with one attached hydrogen (secondary N) is 1. The predicted octanol–water partition coefficient (Wildman–Crippen LogP) is 3.13. The molecule has 27 heavy (non-hydrogen) atoms. The van der Waals surface area contributed by atoms with Gasteiger partial charge in [0.05, 0.1) is 12.6 Å². The maximum Gasteiger partial charge on any atom is 0.306 e. The van der Waals surface area contributed by atoms with E-state index >= 15 is 0 Å². The summed E-state index contributed by atoms with van der Waals surface area (Å²) in [6.45, 7) is 0.0995. The smallest absolute Gasteiger partial charge is 0.306 e. The summed E-state index contributed by atoms with van der Waals surface area (Å²) in [6.07, 6.45) is 2.05. The van der Waals surface area contributed by atoms with Crippen molar-refractivity contribution in [3.63, 3.8) is 0 Å². The lowest BCUT2D eigenvalue weighted by Crippen LogP contribution is -2.28. The fourth-order valence-electron chi connectivity index (χ4n) is 2.44. The molecule has 0 spiro atoms. The minimum atomic E-state index is -0.468. The number of hydrogen-bond donors (Lipinski definition) is 1. The summed E-state index contributed by atoms with van der Waals surface area (Å²) in [5.41, 5.74) is 1.91. The van der Waals surface area contributed by atoms with Gasteiger partial charge < -0.3 is 14.5 Å². The first kappa shape index (κ1) is 18.4. The summed E-state index contributed by atoms with van der Waals surface area (Å²) >= 11 is 0. The van der Waals surface area contributed by atoms with Crippen LogP contribution in [0.3, 0.4) is 0 Å². The van der Waals surface area contributed by atoms with Crippen LogP contribution in [-0.4, -0.2) is 23.5 Å². The second-order valence-corrected chi connectivity index (χ2v) is 5.91. The molecule has 2 aromatic carbocycles. The molecule has 1 N–H and O–H groups in total. The molecule has 0 saturated heterocycles. The van der Waals surface area contributed by atoms with Crippen molar-refractivity contribution in [2.75, 3.05) is 6.61 Å². The maximum atomic E-state index is 11.8. The van der Waals surface area contributed by atoms with E-state index in [1.54, 1.807) is 6.20 Å². The number of ether oxygens (including phenoxy) is 1. The Kier molecular flexibility index (Phi) is 6.35. The second kappa shape index (κ2) is 9.33. The van der Waals surface area contributed by atoms with Crippen LogP contribution in [0.4, 0.5) is 0 Å². The first-order valence-corrected chi connectivity index (χ1v) is 8.67. The molecule has 0 atom stereocenters. The number of esters is 1. The average Bonchev–Trinajstić information content (AvgIpc) is 3.20. The van der Waals surface area contributed by atoms with Crippen LogP contribution in [0.15, 0.2) is 71.3 Å². The first-order valence-electron chi connectivity index (χ1n) is 8.67. The van der Waals surface area contributed by atoms with Gasteiger partial charge in [-0.15, -0.1) is 0 Å². The Balaban J connectivity index is 1.37. The minimum absolute atomic E-state index is 0.0979. The molecule has 1 aromatic heterocycles. The monoisotopic (exact) mass is 364 g/mol. The van der Waals surface area contributed by atoms with Crippen LogP contribution in [-0.2, 0) is 27.3 Å². The molecule has 6 nitrogen and oxygen atoms in total. The largest absolute Gasteiger partial charge is 0.456 e. The molecule has 0 saturated carbocycles. The molecule has 1 heterocycles. The van der Waals surface area contributed by atoms with E-state index in [1.807, 2.05) is 60.7 Å². The summed E-state index contributed by atoms with van der Waals surface area (Å²) in [6, 6.07) is 19.1. The summed E-state index contributed by atoms with van der Waals surface area (Å²) in [5.74, 6) is 0.303. The molecule has 0 aliphatic rings. The van der Waals surface area contributed by atoms with Gasteiger partial charge in [-0.25, -0.2) is 4.98 Å². The Bertz CT molecular complexity index is 875. The summed E-state index contributed by atoms with van der Waals surface area (Å²) in [4.78, 5) is 27.7. The number of aromatic nitrogens is 1. The zero-order chi connectivity index (χ0) is 18.9. The zero-order valence-electron chi connectivity index (χ0n) is 14.8. The van der Waals surface area contributed by atoms with Gasteiger partial charge >= 0.3 is 5.97 Å². The number of aryl methyl sites for hydroxylation is 1. The quantitative estimate of drug-likeness (QED) is 0.621. The third-order valence-corrected chi connectivity index (χ3v) is 3.85. The van der Waals surface area contributed by atoms with Gasteiger partial charge in [0.15, 0.2) is 18.3 Å². The minimum Gasteiger partial charge on any atom is -0.456 e. The molecule has 138 valence electrons. The van der Waals surface area contributed by atoms with E-state index in [4.69, 9.17) is 9.15 Å². The SMILES string of the molecule is O=C(COC(=O)CCc1ncc(-c2ccccc2)o1)NCc1ccccc1. The number of benzene rings is 2. The molecule has 0 bridgehead atoms. The van der Waals surface area contributed by atoms with Crippen molar-refractivity contribution in [3.8, 4) is 11.3 Å². The van der Waals surface area contributed by atoms with E-state index in [1.165, 1.54) is 0 Å². The average molecular weight is 364 g/mol. The third kappa shape index (κ3) is 5.81. The number of rotatable bonds is 8. The molecule has 3 aromatic rings. The molecule has 0 unspecified atom stereocenters. The Hall–Kier alpha value is -3.41. The topological polar surface area (TPSA) is 81.4 Å². The number of hydrogen-bond acceptors (Lipinski definition) is 5. The standard InChI is InChI=1S/C21H20N2O4/c24-19(22-13-16-7-3-1-4-8-16)15-26-21(25)12-11-20-23-14-18(27-20)17-9-5-2-6-10-17/h1-10,14H,11-13,15H2,(H,22,24). The highest BCUT2D eigenvalue weighted by Gasteiger charge is 2.11. The fourth-order valence-corrected chi connectivity index (χ4v) is 2.44. The van der Waals surface area contributed by atoms with E-state index < -0.39 is 5.97 Å². The number of oxazole rings is 1. The van der Waals surface area contributed by atoms with Gasteiger partial charge in [0, 0.05) is 18.5 Å². The summed E-state index contributed by atoms with van der Waals surface area (Å²) < 4.78 is 10.6. The van der Waals surface area contributed by atoms with Gasteiger partial charge in [-0.05, 0) is 5.56 Å². The summed E-state index contributed by atoms with van der Waals surface area (Å²) in [7, 11) is 0. The number of amides is 1. The van der Waals surface area contributed by atoms with Crippen molar-refractivity contribution in [1.82, 2.24) is 10.3 Å². The highest BCUT2D eigenvalue weighted by atomic mass is 16.5. The van der Waals surface area contributed by atoms with Gasteiger partial charge in [0.2, 0.25) is 0 Å². The van der Waals surface area contributed by atoms with E-state index in [9.17, 15) is 9.59 Å². The van der Waals surface area contributed by atoms with E-state index in [-0.39, 0.29) is 18.9 Å². The highest BCUT2D eigenvalue weighted by molar-refractivity contribution is 5.80. The lowest BCUT2D eigenvalue weighted by Gasteiger charge is -2.06. The molecule has 1 amide bonds. The van der Waals surface area contributed by atoms with Crippen LogP contribution < -0.4 is 5.32 Å². The lowest BCUT2D eigenvalue weighted by molar-refractivity contribution is -0.148. The molecule has 0 fully saturated rings. The Morgan fingerprint density at radius 3 is 2.44 bits per heavy atom. The van der Waals surface area contributed by atoms with E-state index in [0.717, 1.165) is 11.1 Å². The number of carbonyl (C=O) groups excluding carboxylic acids is 2. The van der Waals surface area contributed by atoms with Gasteiger partial charge in [0.1, 0.15) is 0 Å². The van der Waals surface area contributed by atoms with Crippen molar-refractivity contribution >= 4 is 11.9 Å². The predicted molar refractivity (Wildman–Crippen MR) is 99.5 cm³/mol. The second-order valence-electron chi connectivity index (χ2n) is 5.91. The van der Waals surface area contributed by atoms with E-state index in [0.29, 0.717) is 24.6 Å². The van der Waals surface area contributed by atoms with Crippen molar-refractivity contribution < 1.29 is 18.7 Å². The first-order chi connectivity index (χ1) is 13.2. The highest BCUT2D eigenvalue weighted by Crippen LogP contribution is 2.20. The van der Waals surface area contributed by atoms with Crippen LogP contribution in [0.25, 0.3) is 11.3 Å². The molecule has 6 heteroatoms. The normalized spacial score (nSPS) is 10.4. The van der Waals surface area contributed by atoms with Gasteiger partial charge in [-0.1, -0.05) is 60.7 Å². The van der Waals surface area contributed by atoms with Crippen molar-refractivity contribution in [3.05, 3.63) is 78.3 Å². The van der Waals surface area contributed by atoms with Crippen LogP contribution in [0.1, 0.15) is 17.9 Å². The number of carbonyl (C=O) groups is 2. The molecule has 0 aliphatic heterocycles. The Labute approximate surface area is 157 Å². The molecular formula is C21H20N2O4. The Morgan fingerprint density at radius 1 is 1.00 bits per heavy atom. The molecule has 0 radical (unpaired) electrons. The molecule has 0 aliphatic carbocycles. The summed E-state index contributed by atoms with van der Waals surface area (Å²) in [5, 5.41) is 2.70. The van der Waals surface area contributed by atoms with Gasteiger partial charge in [0.25, 0.3) is 5.91 Å². The van der Waals surface area contributed by atoms with Crippen molar-refractivity contribution in [2.45, 2.75) is 19.4 Å². The van der Waals surface area contributed by atoms with Crippen LogP contribution in [0.5, 0.6) is 0 Å². The van der Waals surface area contributed by atoms with Crippen molar-refractivity contribution in [2.24, 2.45) is 0 Å². The van der Waals surface area contributed by atoms with Gasteiger partial charge in [-0.2, -0.15) is 0 Å². The number of nitrogens with zero attached hydrogens (tertiary/aromatic N) is 1. The van der Waals surface area contributed by atoms with Gasteiger partial charge in [-0.3, -0.25) is 9.59 Å². The van der Waals surface area contributed by atoms with Crippen molar-refractivity contribution in [1.29, 1.82) is 0 Å².